The number of hydrogen-bond donors (Lipinski definition) is 0. The minimum absolute atomic E-state index is 0.157. The van der Waals surface area contributed by atoms with E-state index in [-0.39, 0.29) is 9.99 Å². The highest BCUT2D eigenvalue weighted by Crippen LogP contribution is 2.37. The summed E-state index contributed by atoms with van der Waals surface area (Å²) < 4.78 is -0.157. The van der Waals surface area contributed by atoms with E-state index >= 15 is 0 Å². The topological polar surface area (TPSA) is 20.3 Å². The van der Waals surface area contributed by atoms with Crippen molar-refractivity contribution in [2.45, 2.75) is 37.9 Å². The van der Waals surface area contributed by atoms with Crippen LogP contribution in [0.25, 0.3) is 0 Å². The maximum absolute atomic E-state index is 12.3. The zero-order valence-electron chi connectivity index (χ0n) is 11.2. The first-order valence-electron chi connectivity index (χ1n) is 6.63. The number of carbonyl (C=O) groups excluding carboxylic acids is 1. The molecule has 1 aliphatic rings. The Morgan fingerprint density at radius 1 is 1.11 bits per heavy atom. The first kappa shape index (κ1) is 13.5. The molecular weight excluding hydrogens is 242 g/mol. The largest absolute Gasteiger partial charge is 0.334 e. The van der Waals surface area contributed by atoms with E-state index in [1.165, 1.54) is 23.7 Å². The highest BCUT2D eigenvalue weighted by Gasteiger charge is 2.28. The van der Waals surface area contributed by atoms with Crippen molar-refractivity contribution < 1.29 is 4.79 Å². The molecule has 1 heterocycles. The second kappa shape index (κ2) is 5.79. The van der Waals surface area contributed by atoms with Gasteiger partial charge < -0.3 is 4.90 Å². The molecule has 98 valence electrons. The molecule has 0 aliphatic carbocycles. The van der Waals surface area contributed by atoms with Crippen LogP contribution in [0.5, 0.6) is 0 Å². The third-order valence-electron chi connectivity index (χ3n) is 3.43. The van der Waals surface area contributed by atoms with Gasteiger partial charge in [-0.05, 0) is 38.7 Å². The molecule has 0 unspecified atom stereocenters. The van der Waals surface area contributed by atoms with E-state index in [1.807, 2.05) is 23.1 Å². The van der Waals surface area contributed by atoms with Gasteiger partial charge in [0.05, 0.1) is 0 Å². The predicted molar refractivity (Wildman–Crippen MR) is 77.9 cm³/mol. The van der Waals surface area contributed by atoms with Crippen LogP contribution in [0.3, 0.4) is 0 Å². The lowest BCUT2D eigenvalue weighted by Crippen LogP contribution is -2.34. The van der Waals surface area contributed by atoms with Crippen molar-refractivity contribution in [2.24, 2.45) is 0 Å². The van der Waals surface area contributed by atoms with Crippen LogP contribution in [0.15, 0.2) is 30.3 Å². The fraction of sp³-hybridized carbons (Fsp3) is 0.533. The molecule has 1 aromatic carbocycles. The Hall–Kier alpha value is -0.960. The SMILES string of the molecule is CC(C)(SC(=O)N1CCCCC1)c1ccccc1. The lowest BCUT2D eigenvalue weighted by Gasteiger charge is -2.30. The van der Waals surface area contributed by atoms with Crippen molar-refractivity contribution >= 4 is 17.0 Å². The molecule has 0 radical (unpaired) electrons. The quantitative estimate of drug-likeness (QED) is 0.794. The molecule has 18 heavy (non-hydrogen) atoms. The summed E-state index contributed by atoms with van der Waals surface area (Å²) in [6, 6.07) is 10.3. The fourth-order valence-corrected chi connectivity index (χ4v) is 3.26. The van der Waals surface area contributed by atoms with Crippen LogP contribution in [0, 0.1) is 0 Å². The van der Waals surface area contributed by atoms with Crippen LogP contribution < -0.4 is 0 Å². The van der Waals surface area contributed by atoms with Crippen molar-refractivity contribution in [1.82, 2.24) is 4.90 Å². The first-order chi connectivity index (χ1) is 8.59. The maximum Gasteiger partial charge on any atom is 0.282 e. The Morgan fingerprint density at radius 2 is 1.72 bits per heavy atom. The molecule has 0 atom stereocenters. The molecule has 1 fully saturated rings. The number of hydrogen-bond acceptors (Lipinski definition) is 2. The predicted octanol–water partition coefficient (Wildman–Crippen LogP) is 4.26. The summed E-state index contributed by atoms with van der Waals surface area (Å²) in [4.78, 5) is 14.3. The van der Waals surface area contributed by atoms with Crippen LogP contribution in [-0.2, 0) is 4.75 Å². The van der Waals surface area contributed by atoms with Crippen molar-refractivity contribution in [2.75, 3.05) is 13.1 Å². The maximum atomic E-state index is 12.3. The number of nitrogens with zero attached hydrogens (tertiary/aromatic N) is 1. The summed E-state index contributed by atoms with van der Waals surface area (Å²) in [7, 11) is 0. The zero-order chi connectivity index (χ0) is 13.0. The molecule has 1 aromatic rings. The number of rotatable bonds is 2. The van der Waals surface area contributed by atoms with Crippen LogP contribution >= 0.6 is 11.8 Å². The second-order valence-electron chi connectivity index (χ2n) is 5.29. The second-order valence-corrected chi connectivity index (χ2v) is 6.87. The van der Waals surface area contributed by atoms with E-state index in [1.54, 1.807) is 0 Å². The lowest BCUT2D eigenvalue weighted by molar-refractivity contribution is 0.211. The van der Waals surface area contributed by atoms with Gasteiger partial charge in [0.1, 0.15) is 0 Å². The molecule has 0 aromatic heterocycles. The number of piperidine rings is 1. The number of thioether (sulfide) groups is 1. The minimum Gasteiger partial charge on any atom is -0.334 e. The molecular formula is C15H21NOS. The molecule has 2 nitrogen and oxygen atoms in total. The monoisotopic (exact) mass is 263 g/mol. The Bertz CT molecular complexity index is 396. The Kier molecular flexibility index (Phi) is 4.33. The minimum atomic E-state index is -0.157. The summed E-state index contributed by atoms with van der Waals surface area (Å²) in [5, 5.41) is 0.226. The number of benzene rings is 1. The van der Waals surface area contributed by atoms with Gasteiger partial charge in [-0.1, -0.05) is 42.1 Å². The van der Waals surface area contributed by atoms with Crippen molar-refractivity contribution in [3.8, 4) is 0 Å². The third kappa shape index (κ3) is 3.29. The van der Waals surface area contributed by atoms with Gasteiger partial charge >= 0.3 is 0 Å². The van der Waals surface area contributed by atoms with Gasteiger partial charge in [0.2, 0.25) is 0 Å². The molecule has 0 bridgehead atoms. The fourth-order valence-electron chi connectivity index (χ4n) is 2.26. The van der Waals surface area contributed by atoms with Gasteiger partial charge in [0, 0.05) is 17.8 Å². The van der Waals surface area contributed by atoms with Gasteiger partial charge in [-0.3, -0.25) is 4.79 Å². The first-order valence-corrected chi connectivity index (χ1v) is 7.45. The van der Waals surface area contributed by atoms with E-state index in [0.717, 1.165) is 25.9 Å². The van der Waals surface area contributed by atoms with Crippen LogP contribution in [0.2, 0.25) is 0 Å². The average Bonchev–Trinajstić information content (AvgIpc) is 2.40. The highest BCUT2D eigenvalue weighted by atomic mass is 32.2. The molecule has 1 saturated heterocycles. The highest BCUT2D eigenvalue weighted by molar-refractivity contribution is 8.14. The molecule has 0 N–H and O–H groups in total. The molecule has 0 saturated carbocycles. The van der Waals surface area contributed by atoms with Crippen molar-refractivity contribution in [3.05, 3.63) is 35.9 Å². The van der Waals surface area contributed by atoms with Gasteiger partial charge in [-0.25, -0.2) is 0 Å². The summed E-state index contributed by atoms with van der Waals surface area (Å²) >= 11 is 1.45. The Morgan fingerprint density at radius 3 is 2.33 bits per heavy atom. The van der Waals surface area contributed by atoms with Crippen molar-refractivity contribution in [3.63, 3.8) is 0 Å². The number of carbonyl (C=O) groups is 1. The average molecular weight is 263 g/mol. The van der Waals surface area contributed by atoms with E-state index in [2.05, 4.69) is 26.0 Å². The van der Waals surface area contributed by atoms with Crippen LogP contribution in [-0.4, -0.2) is 23.2 Å². The summed E-state index contributed by atoms with van der Waals surface area (Å²) in [6.45, 7) is 6.09. The van der Waals surface area contributed by atoms with Gasteiger partial charge in [0.25, 0.3) is 5.24 Å². The van der Waals surface area contributed by atoms with Gasteiger partial charge in [-0.2, -0.15) is 0 Å². The summed E-state index contributed by atoms with van der Waals surface area (Å²) in [5.41, 5.74) is 1.21. The smallest absolute Gasteiger partial charge is 0.282 e. The van der Waals surface area contributed by atoms with E-state index in [4.69, 9.17) is 0 Å². The van der Waals surface area contributed by atoms with Gasteiger partial charge in [-0.15, -0.1) is 0 Å². The molecule has 0 spiro atoms. The number of amides is 1. The Balaban J connectivity index is 2.01. The number of likely N-dealkylation sites (tertiary alicyclic amines) is 1. The van der Waals surface area contributed by atoms with E-state index in [9.17, 15) is 4.79 Å². The lowest BCUT2D eigenvalue weighted by atomic mass is 10.0. The van der Waals surface area contributed by atoms with Crippen LogP contribution in [0.4, 0.5) is 4.79 Å². The summed E-state index contributed by atoms with van der Waals surface area (Å²) in [5.74, 6) is 0. The van der Waals surface area contributed by atoms with Crippen molar-refractivity contribution in [1.29, 1.82) is 0 Å². The molecule has 2 rings (SSSR count). The Labute approximate surface area is 114 Å². The normalized spacial score (nSPS) is 16.7. The zero-order valence-corrected chi connectivity index (χ0v) is 12.0. The third-order valence-corrected chi connectivity index (χ3v) is 4.60. The van der Waals surface area contributed by atoms with Crippen LogP contribution in [0.1, 0.15) is 38.7 Å². The summed E-state index contributed by atoms with van der Waals surface area (Å²) in [6.07, 6.45) is 3.56. The van der Waals surface area contributed by atoms with E-state index in [0.29, 0.717) is 0 Å². The molecule has 1 amide bonds. The van der Waals surface area contributed by atoms with Gasteiger partial charge in [0.15, 0.2) is 0 Å². The van der Waals surface area contributed by atoms with E-state index < -0.39 is 0 Å². The molecule has 1 aliphatic heterocycles. The molecule has 3 heteroatoms. The standard InChI is InChI=1S/C15H21NOS/c1-15(2,13-9-5-3-6-10-13)18-14(17)16-11-7-4-8-12-16/h3,5-6,9-10H,4,7-8,11-12H2,1-2H3.